The van der Waals surface area contributed by atoms with Gasteiger partial charge in [-0.2, -0.15) is 0 Å². The van der Waals surface area contributed by atoms with E-state index in [4.69, 9.17) is 71.1 Å². The standard InChI is InChI=1S/C113H100O17/c114-65-90-41-91(66-115)43-99(42-90)124-75-92-52-108(129-80-97-54-110(125-76-93-44-100(116-67-82-25-9-1-10-26-82)58-101(45-93)117-68-83-27-11-2-12-28-83)63-111(55-97)126-77-94-46-102(118-69-84-29-13-3-14-30-84)59-103(47-94)119-70-85-31-15-4-16-32-85)62-109(53-92)130-81-98-56-112(127-78-95-48-104(120-71-86-33-17-5-18-34-86)60-105(49-95)121-72-87-35-19-6-20-36-87)64-113(57-98)128-79-96-50-106(122-73-88-37-21-7-22-38-88)61-107(51-96)123-74-89-39-23-8-24-40-89/h1-64,114-115H,65-81H2. The SMILES string of the molecule is OCc1cc(CO)cc(OCc2cc(OCc3cc(OCc4cc(OCc5ccccc5)cc(OCc5ccccc5)c4)cc(OCc4cc(OCc5ccccc5)cc(OCc5ccccc5)c4)c3)cc(OCc3cc(OCc4cc(OCc5ccccc5)cc(OCc5ccccc5)c4)cc(OCc4cc(OCc5ccccc5)cc(OCc5ccccc5)c4)c3)c2)c1. The number of aliphatic hydroxyl groups is 2. The number of rotatable bonds is 47. The molecule has 654 valence electrons. The number of hydrogen-bond donors (Lipinski definition) is 2. The molecule has 0 atom stereocenters. The normalized spacial score (nSPS) is 10.9. The van der Waals surface area contributed by atoms with Crippen LogP contribution in [0.15, 0.2) is 388 Å². The van der Waals surface area contributed by atoms with Gasteiger partial charge in [-0.1, -0.05) is 249 Å². The minimum absolute atomic E-state index is 0.0295. The van der Waals surface area contributed by atoms with Gasteiger partial charge in [0.2, 0.25) is 0 Å². The molecule has 16 aromatic rings. The van der Waals surface area contributed by atoms with Gasteiger partial charge in [0.1, 0.15) is 185 Å². The van der Waals surface area contributed by atoms with Gasteiger partial charge in [0, 0.05) is 42.5 Å². The van der Waals surface area contributed by atoms with Crippen molar-refractivity contribution in [1.82, 2.24) is 0 Å². The van der Waals surface area contributed by atoms with E-state index in [0.717, 1.165) is 66.8 Å². The molecule has 0 bridgehead atoms. The summed E-state index contributed by atoms with van der Waals surface area (Å²) in [5.74, 6) is 8.26. The summed E-state index contributed by atoms with van der Waals surface area (Å²) in [6.45, 7) is 2.86. The van der Waals surface area contributed by atoms with E-state index in [1.807, 2.05) is 370 Å². The van der Waals surface area contributed by atoms with Gasteiger partial charge in [0.05, 0.1) is 13.2 Å². The highest BCUT2D eigenvalue weighted by Crippen LogP contribution is 2.36. The van der Waals surface area contributed by atoms with Crippen LogP contribution in [-0.4, -0.2) is 10.2 Å². The lowest BCUT2D eigenvalue weighted by atomic mass is 10.1. The van der Waals surface area contributed by atoms with Crippen LogP contribution in [0.1, 0.15) is 94.6 Å². The minimum atomic E-state index is -0.251. The molecule has 17 nitrogen and oxygen atoms in total. The van der Waals surface area contributed by atoms with Crippen LogP contribution in [0.2, 0.25) is 0 Å². The molecule has 0 radical (unpaired) electrons. The Labute approximate surface area is 758 Å². The Morgan fingerprint density at radius 2 is 0.208 bits per heavy atom. The Morgan fingerprint density at radius 3 is 0.323 bits per heavy atom. The van der Waals surface area contributed by atoms with Gasteiger partial charge in [-0.15, -0.1) is 0 Å². The van der Waals surface area contributed by atoms with Crippen molar-refractivity contribution < 1.29 is 81.3 Å². The first-order valence-electron chi connectivity index (χ1n) is 43.2. The quantitative estimate of drug-likeness (QED) is 0.0367. The predicted octanol–water partition coefficient (Wildman–Crippen LogP) is 24.4. The Morgan fingerprint density at radius 1 is 0.108 bits per heavy atom. The van der Waals surface area contributed by atoms with Gasteiger partial charge in [0.25, 0.3) is 0 Å². The van der Waals surface area contributed by atoms with Crippen LogP contribution in [0.5, 0.6) is 86.2 Å². The van der Waals surface area contributed by atoms with Crippen molar-refractivity contribution >= 4 is 0 Å². The highest BCUT2D eigenvalue weighted by Gasteiger charge is 2.18. The molecule has 0 aliphatic rings. The van der Waals surface area contributed by atoms with Crippen molar-refractivity contribution in [1.29, 1.82) is 0 Å². The van der Waals surface area contributed by atoms with Crippen LogP contribution in [0.4, 0.5) is 0 Å². The summed E-state index contributed by atoms with van der Waals surface area (Å²) in [4.78, 5) is 0. The van der Waals surface area contributed by atoms with Crippen molar-refractivity contribution in [3.8, 4) is 86.2 Å². The zero-order valence-corrected chi connectivity index (χ0v) is 72.0. The summed E-state index contributed by atoms with van der Waals surface area (Å²) in [6.07, 6.45) is 0. The summed E-state index contributed by atoms with van der Waals surface area (Å²) in [5, 5.41) is 20.6. The van der Waals surface area contributed by atoms with Crippen molar-refractivity contribution in [2.24, 2.45) is 0 Å². The third kappa shape index (κ3) is 28.0. The van der Waals surface area contributed by atoms with Crippen molar-refractivity contribution in [3.05, 3.63) is 483 Å². The molecule has 0 saturated carbocycles. The van der Waals surface area contributed by atoms with Crippen LogP contribution in [-0.2, 0) is 112 Å². The average Bonchev–Trinajstić information content (AvgIpc) is 0.849. The Balaban J connectivity index is 0.708. The smallest absolute Gasteiger partial charge is 0.123 e. The van der Waals surface area contributed by atoms with Crippen LogP contribution in [0.3, 0.4) is 0 Å². The maximum Gasteiger partial charge on any atom is 0.123 e. The first-order chi connectivity index (χ1) is 64.1. The highest BCUT2D eigenvalue weighted by molar-refractivity contribution is 5.48. The molecule has 17 heteroatoms. The molecule has 0 fully saturated rings. The molecule has 0 amide bonds. The van der Waals surface area contributed by atoms with Crippen LogP contribution >= 0.6 is 0 Å². The molecule has 0 aromatic heterocycles. The van der Waals surface area contributed by atoms with E-state index in [0.29, 0.717) is 167 Å². The molecule has 0 unspecified atom stereocenters. The van der Waals surface area contributed by atoms with Gasteiger partial charge in [0.15, 0.2) is 0 Å². The minimum Gasteiger partial charge on any atom is -0.489 e. The molecule has 16 rings (SSSR count). The number of hydrogen-bond acceptors (Lipinski definition) is 17. The number of benzene rings is 16. The average molecular weight is 1730 g/mol. The van der Waals surface area contributed by atoms with Crippen molar-refractivity contribution in [2.45, 2.75) is 112 Å². The molecule has 0 heterocycles. The monoisotopic (exact) mass is 1730 g/mol. The molecule has 130 heavy (non-hydrogen) atoms. The predicted molar refractivity (Wildman–Crippen MR) is 500 cm³/mol. The van der Waals surface area contributed by atoms with Gasteiger partial charge in [-0.3, -0.25) is 0 Å². The second-order valence-electron chi connectivity index (χ2n) is 31.2. The zero-order valence-electron chi connectivity index (χ0n) is 72.0. The topological polar surface area (TPSA) is 179 Å². The van der Waals surface area contributed by atoms with E-state index in [1.54, 1.807) is 18.2 Å². The third-order valence-electron chi connectivity index (χ3n) is 20.8. The van der Waals surface area contributed by atoms with Crippen LogP contribution in [0.25, 0.3) is 0 Å². The lowest BCUT2D eigenvalue weighted by Crippen LogP contribution is -2.05. The summed E-state index contributed by atoms with van der Waals surface area (Å²) in [5.41, 5.74) is 14.6. The fraction of sp³-hybridized carbons (Fsp3) is 0.150. The highest BCUT2D eigenvalue weighted by atomic mass is 16.5. The molecular weight excluding hydrogens is 1630 g/mol. The van der Waals surface area contributed by atoms with Crippen LogP contribution < -0.4 is 71.1 Å². The summed E-state index contributed by atoms with van der Waals surface area (Å²) < 4.78 is 99.2. The zero-order chi connectivity index (χ0) is 88.4. The van der Waals surface area contributed by atoms with Gasteiger partial charge >= 0.3 is 0 Å². The molecule has 2 N–H and O–H groups in total. The van der Waals surface area contributed by atoms with E-state index in [1.165, 1.54) is 0 Å². The lowest BCUT2D eigenvalue weighted by Gasteiger charge is -2.17. The largest absolute Gasteiger partial charge is 0.489 e. The summed E-state index contributed by atoms with van der Waals surface area (Å²) in [7, 11) is 0. The molecule has 16 aromatic carbocycles. The van der Waals surface area contributed by atoms with Gasteiger partial charge in [-0.25, -0.2) is 0 Å². The first-order valence-corrected chi connectivity index (χ1v) is 43.2. The first kappa shape index (κ1) is 87.9. The maximum absolute atomic E-state index is 10.3. The molecule has 0 spiro atoms. The van der Waals surface area contributed by atoms with Gasteiger partial charge in [-0.05, 0) is 192 Å². The van der Waals surface area contributed by atoms with E-state index in [2.05, 4.69) is 0 Å². The van der Waals surface area contributed by atoms with E-state index in [-0.39, 0.29) is 59.5 Å². The fourth-order valence-electron chi connectivity index (χ4n) is 14.3. The Hall–Kier alpha value is -15.6. The summed E-state index contributed by atoms with van der Waals surface area (Å²) >= 11 is 0. The fourth-order valence-corrected chi connectivity index (χ4v) is 14.3. The van der Waals surface area contributed by atoms with E-state index in [9.17, 15) is 10.2 Å². The number of ether oxygens (including phenoxy) is 15. The molecular formula is C113H100O17. The third-order valence-corrected chi connectivity index (χ3v) is 20.8. The summed E-state index contributed by atoms with van der Waals surface area (Å²) in [6, 6.07) is 126. The molecule has 0 saturated heterocycles. The van der Waals surface area contributed by atoms with Gasteiger partial charge < -0.3 is 81.3 Å². The van der Waals surface area contributed by atoms with E-state index >= 15 is 0 Å². The van der Waals surface area contributed by atoms with Crippen LogP contribution in [0, 0.1) is 0 Å². The number of aliphatic hydroxyl groups excluding tert-OH is 2. The Kier molecular flexibility index (Phi) is 31.1. The molecule has 0 aliphatic carbocycles. The van der Waals surface area contributed by atoms with Crippen molar-refractivity contribution in [2.75, 3.05) is 0 Å². The Bertz CT molecular complexity index is 5280. The van der Waals surface area contributed by atoms with E-state index < -0.39 is 0 Å². The second kappa shape index (κ2) is 46.1. The maximum atomic E-state index is 10.3. The van der Waals surface area contributed by atoms with Crippen molar-refractivity contribution in [3.63, 3.8) is 0 Å². The lowest BCUT2D eigenvalue weighted by molar-refractivity contribution is 0.266. The second-order valence-corrected chi connectivity index (χ2v) is 31.2. The molecule has 0 aliphatic heterocycles.